The van der Waals surface area contributed by atoms with Crippen LogP contribution in [-0.2, 0) is 4.74 Å². The Morgan fingerprint density at radius 1 is 1.08 bits per heavy atom. The van der Waals surface area contributed by atoms with E-state index in [0.29, 0.717) is 0 Å². The predicted octanol–water partition coefficient (Wildman–Crippen LogP) is 2.21. The molecule has 0 spiro atoms. The molecule has 74 valence electrons. The molecule has 1 N–H and O–H groups in total. The van der Waals surface area contributed by atoms with E-state index in [0.717, 1.165) is 13.0 Å². The Hall–Kier alpha value is -0.0800. The summed E-state index contributed by atoms with van der Waals surface area (Å²) in [5, 5.41) is 8.97. The summed E-state index contributed by atoms with van der Waals surface area (Å²) in [7, 11) is 0. The van der Waals surface area contributed by atoms with Crippen LogP contribution in [0.3, 0.4) is 0 Å². The molecule has 0 radical (unpaired) electrons. The Balaban J connectivity index is 3.57. The largest absolute Gasteiger partial charge is 0.396 e. The van der Waals surface area contributed by atoms with Gasteiger partial charge in [0.05, 0.1) is 5.60 Å². The lowest BCUT2D eigenvalue weighted by Crippen LogP contribution is -2.24. The zero-order valence-corrected chi connectivity index (χ0v) is 8.98. The Morgan fingerprint density at radius 3 is 1.92 bits per heavy atom. The summed E-state index contributed by atoms with van der Waals surface area (Å²) >= 11 is 0. The smallest absolute Gasteiger partial charge is 0.0598 e. The molecule has 0 aliphatic rings. The molecule has 2 nitrogen and oxygen atoms in total. The van der Waals surface area contributed by atoms with Gasteiger partial charge in [0.1, 0.15) is 0 Å². The molecule has 0 aliphatic heterocycles. The molecular weight excluding hydrogens is 152 g/mol. The van der Waals surface area contributed by atoms with Gasteiger partial charge in [0.15, 0.2) is 0 Å². The molecule has 0 fully saturated rings. The number of rotatable bonds is 4. The molecule has 0 aliphatic carbocycles. The van der Waals surface area contributed by atoms with Gasteiger partial charge in [-0.05, 0) is 32.6 Å². The molecular formula is C10H22O2. The second kappa shape index (κ2) is 4.24. The first-order chi connectivity index (χ1) is 5.27. The lowest BCUT2D eigenvalue weighted by Gasteiger charge is -2.25. The van der Waals surface area contributed by atoms with Crippen molar-refractivity contribution in [1.29, 1.82) is 0 Å². The Bertz CT molecular complexity index is 122. The van der Waals surface area contributed by atoms with E-state index in [1.807, 2.05) is 34.6 Å². The zero-order chi connectivity index (χ0) is 9.83. The van der Waals surface area contributed by atoms with Gasteiger partial charge >= 0.3 is 0 Å². The molecule has 0 unspecified atom stereocenters. The average Bonchev–Trinajstić information content (AvgIpc) is 1.84. The van der Waals surface area contributed by atoms with Crippen molar-refractivity contribution in [3.05, 3.63) is 0 Å². The van der Waals surface area contributed by atoms with E-state index in [9.17, 15) is 0 Å². The molecule has 0 aromatic rings. The van der Waals surface area contributed by atoms with Gasteiger partial charge in [0.2, 0.25) is 0 Å². The lowest BCUT2D eigenvalue weighted by atomic mass is 9.91. The average molecular weight is 174 g/mol. The fourth-order valence-electron chi connectivity index (χ4n) is 0.713. The molecule has 0 bridgehead atoms. The summed E-state index contributed by atoms with van der Waals surface area (Å²) in [6.07, 6.45) is 0.904. The Kier molecular flexibility index (Phi) is 4.21. The minimum atomic E-state index is -0.0640. The first kappa shape index (κ1) is 11.9. The maximum absolute atomic E-state index is 8.97. The summed E-state index contributed by atoms with van der Waals surface area (Å²) in [6.45, 7) is 11.1. The fraction of sp³-hybridized carbons (Fsp3) is 1.00. The highest BCUT2D eigenvalue weighted by Gasteiger charge is 2.18. The number of hydrogen-bond acceptors (Lipinski definition) is 2. The molecule has 0 aromatic heterocycles. The maximum atomic E-state index is 8.97. The van der Waals surface area contributed by atoms with Crippen molar-refractivity contribution in [2.45, 2.75) is 46.6 Å². The highest BCUT2D eigenvalue weighted by Crippen LogP contribution is 2.20. The standard InChI is InChI=1S/C10H22O2/c1-9(2,3)12-7-6-10(4,5)8-11/h11H,6-8H2,1-5H3. The van der Waals surface area contributed by atoms with Gasteiger partial charge in [-0.1, -0.05) is 13.8 Å². The lowest BCUT2D eigenvalue weighted by molar-refractivity contribution is -0.0211. The minimum absolute atomic E-state index is 0.00868. The van der Waals surface area contributed by atoms with Crippen molar-refractivity contribution < 1.29 is 9.84 Å². The van der Waals surface area contributed by atoms with Crippen LogP contribution in [0.1, 0.15) is 41.0 Å². The number of hydrogen-bond donors (Lipinski definition) is 1. The monoisotopic (exact) mass is 174 g/mol. The van der Waals surface area contributed by atoms with Crippen LogP contribution in [-0.4, -0.2) is 23.9 Å². The third kappa shape index (κ3) is 6.62. The van der Waals surface area contributed by atoms with Crippen molar-refractivity contribution in [1.82, 2.24) is 0 Å². The number of ether oxygens (including phenoxy) is 1. The molecule has 0 aromatic carbocycles. The van der Waals surface area contributed by atoms with Gasteiger partial charge in [-0.25, -0.2) is 0 Å². The fourth-order valence-corrected chi connectivity index (χ4v) is 0.713. The Morgan fingerprint density at radius 2 is 1.58 bits per heavy atom. The summed E-state index contributed by atoms with van der Waals surface area (Å²) in [5.41, 5.74) is -0.0726. The van der Waals surface area contributed by atoms with Crippen molar-refractivity contribution in [2.75, 3.05) is 13.2 Å². The highest BCUT2D eigenvalue weighted by atomic mass is 16.5. The quantitative estimate of drug-likeness (QED) is 0.708. The van der Waals surface area contributed by atoms with Gasteiger partial charge in [-0.3, -0.25) is 0 Å². The van der Waals surface area contributed by atoms with Crippen LogP contribution in [0, 0.1) is 5.41 Å². The van der Waals surface area contributed by atoms with Gasteiger partial charge in [0, 0.05) is 13.2 Å². The van der Waals surface area contributed by atoms with E-state index in [1.54, 1.807) is 0 Å². The van der Waals surface area contributed by atoms with Crippen molar-refractivity contribution in [2.24, 2.45) is 5.41 Å². The molecule has 2 heteroatoms. The first-order valence-electron chi connectivity index (χ1n) is 4.52. The molecule has 0 saturated carbocycles. The van der Waals surface area contributed by atoms with E-state index in [-0.39, 0.29) is 17.6 Å². The summed E-state index contributed by atoms with van der Waals surface area (Å²) in [6, 6.07) is 0. The van der Waals surface area contributed by atoms with Crippen LogP contribution in [0.2, 0.25) is 0 Å². The summed E-state index contributed by atoms with van der Waals surface area (Å²) < 4.78 is 5.56. The molecule has 12 heavy (non-hydrogen) atoms. The SMILES string of the molecule is CC(C)(CO)CCOC(C)(C)C. The van der Waals surface area contributed by atoms with E-state index < -0.39 is 0 Å². The van der Waals surface area contributed by atoms with Crippen LogP contribution in [0.15, 0.2) is 0 Å². The third-order valence-electron chi connectivity index (χ3n) is 1.74. The van der Waals surface area contributed by atoms with Gasteiger partial charge in [-0.15, -0.1) is 0 Å². The summed E-state index contributed by atoms with van der Waals surface area (Å²) in [4.78, 5) is 0. The van der Waals surface area contributed by atoms with Crippen LogP contribution < -0.4 is 0 Å². The van der Waals surface area contributed by atoms with E-state index in [4.69, 9.17) is 9.84 Å². The topological polar surface area (TPSA) is 29.5 Å². The molecule has 0 rings (SSSR count). The second-order valence-corrected chi connectivity index (χ2v) is 5.03. The number of aliphatic hydroxyl groups is 1. The molecule has 0 amide bonds. The van der Waals surface area contributed by atoms with E-state index >= 15 is 0 Å². The predicted molar refractivity (Wildman–Crippen MR) is 51.2 cm³/mol. The van der Waals surface area contributed by atoms with Gasteiger partial charge < -0.3 is 9.84 Å². The zero-order valence-electron chi connectivity index (χ0n) is 8.98. The minimum Gasteiger partial charge on any atom is -0.396 e. The highest BCUT2D eigenvalue weighted by molar-refractivity contribution is 4.67. The first-order valence-corrected chi connectivity index (χ1v) is 4.52. The van der Waals surface area contributed by atoms with Crippen LogP contribution in [0.5, 0.6) is 0 Å². The van der Waals surface area contributed by atoms with Crippen LogP contribution in [0.25, 0.3) is 0 Å². The molecule has 0 heterocycles. The van der Waals surface area contributed by atoms with E-state index in [1.165, 1.54) is 0 Å². The second-order valence-electron chi connectivity index (χ2n) is 5.03. The molecule has 0 saturated heterocycles. The summed E-state index contributed by atoms with van der Waals surface area (Å²) in [5.74, 6) is 0. The van der Waals surface area contributed by atoms with E-state index in [2.05, 4.69) is 0 Å². The molecule has 0 atom stereocenters. The maximum Gasteiger partial charge on any atom is 0.0598 e. The number of aliphatic hydroxyl groups excluding tert-OH is 1. The Labute approximate surface area is 75.9 Å². The van der Waals surface area contributed by atoms with Crippen LogP contribution in [0.4, 0.5) is 0 Å². The van der Waals surface area contributed by atoms with Gasteiger partial charge in [-0.2, -0.15) is 0 Å². The van der Waals surface area contributed by atoms with Crippen molar-refractivity contribution in [3.63, 3.8) is 0 Å². The van der Waals surface area contributed by atoms with Gasteiger partial charge in [0.25, 0.3) is 0 Å². The third-order valence-corrected chi connectivity index (χ3v) is 1.74. The normalized spacial score (nSPS) is 13.5. The van der Waals surface area contributed by atoms with Crippen molar-refractivity contribution in [3.8, 4) is 0 Å². The van der Waals surface area contributed by atoms with Crippen molar-refractivity contribution >= 4 is 0 Å². The van der Waals surface area contributed by atoms with Crippen LogP contribution >= 0.6 is 0 Å².